The Morgan fingerprint density at radius 1 is 1.82 bits per heavy atom. The van der Waals surface area contributed by atoms with Gasteiger partial charge in [-0.3, -0.25) is 0 Å². The maximum absolute atomic E-state index is 10.8. The third-order valence-corrected chi connectivity index (χ3v) is 1.65. The van der Waals surface area contributed by atoms with Crippen molar-refractivity contribution in [3.63, 3.8) is 0 Å². The Kier molecular flexibility index (Phi) is 2.19. The molecule has 0 bridgehead atoms. The Morgan fingerprint density at radius 2 is 2.45 bits per heavy atom. The predicted octanol–water partition coefficient (Wildman–Crippen LogP) is 1.53. The van der Waals surface area contributed by atoms with E-state index in [9.17, 15) is 4.79 Å². The topological polar surface area (TPSA) is 59.7 Å². The second-order valence-electron chi connectivity index (χ2n) is 1.75. The third-order valence-electron chi connectivity index (χ3n) is 1.09. The van der Waals surface area contributed by atoms with Crippen LogP contribution in [-0.2, 0) is 4.74 Å². The molecule has 5 heteroatoms. The number of rotatable bonds is 1. The Bertz CT molecular complexity index is 278. The second kappa shape index (κ2) is 2.96. The van der Waals surface area contributed by atoms with Crippen molar-refractivity contribution in [1.82, 2.24) is 0 Å². The number of aromatic hydroxyl groups is 1. The van der Waals surface area contributed by atoms with E-state index in [1.807, 2.05) is 0 Å². The van der Waals surface area contributed by atoms with E-state index in [0.29, 0.717) is 4.47 Å². The molecular formula is C6H5BrO4. The van der Waals surface area contributed by atoms with Crippen LogP contribution in [-0.4, -0.2) is 18.2 Å². The molecule has 0 aliphatic rings. The van der Waals surface area contributed by atoms with E-state index in [1.54, 1.807) is 0 Å². The van der Waals surface area contributed by atoms with Crippen molar-refractivity contribution in [2.24, 2.45) is 0 Å². The molecular weight excluding hydrogens is 216 g/mol. The third kappa shape index (κ3) is 1.37. The lowest BCUT2D eigenvalue weighted by atomic mass is 10.4. The average molecular weight is 221 g/mol. The summed E-state index contributed by atoms with van der Waals surface area (Å²) in [5.74, 6) is -1.13. The average Bonchev–Trinajstić information content (AvgIpc) is 2.32. The largest absolute Gasteiger partial charge is 0.503 e. The molecule has 60 valence electrons. The van der Waals surface area contributed by atoms with Crippen LogP contribution in [0.15, 0.2) is 15.2 Å². The van der Waals surface area contributed by atoms with Gasteiger partial charge < -0.3 is 14.3 Å². The van der Waals surface area contributed by atoms with Gasteiger partial charge >= 0.3 is 5.97 Å². The molecule has 0 radical (unpaired) electrons. The molecule has 4 nitrogen and oxygen atoms in total. The van der Waals surface area contributed by atoms with Crippen LogP contribution in [0.25, 0.3) is 0 Å². The summed E-state index contributed by atoms with van der Waals surface area (Å²) in [6, 6.07) is 0. The Labute approximate surface area is 70.9 Å². The van der Waals surface area contributed by atoms with E-state index >= 15 is 0 Å². The van der Waals surface area contributed by atoms with E-state index in [0.717, 1.165) is 0 Å². The van der Waals surface area contributed by atoms with Crippen LogP contribution in [0.5, 0.6) is 5.75 Å². The van der Waals surface area contributed by atoms with Gasteiger partial charge in [-0.15, -0.1) is 0 Å². The van der Waals surface area contributed by atoms with Crippen LogP contribution in [0.1, 0.15) is 10.6 Å². The molecule has 1 aromatic rings. The van der Waals surface area contributed by atoms with Crippen LogP contribution < -0.4 is 0 Å². The van der Waals surface area contributed by atoms with Crippen molar-refractivity contribution < 1.29 is 19.1 Å². The lowest BCUT2D eigenvalue weighted by molar-refractivity contribution is 0.0560. The first-order valence-corrected chi connectivity index (χ1v) is 3.50. The van der Waals surface area contributed by atoms with Gasteiger partial charge in [-0.2, -0.15) is 0 Å². The van der Waals surface area contributed by atoms with Crippen molar-refractivity contribution in [3.05, 3.63) is 16.5 Å². The monoisotopic (exact) mass is 220 g/mol. The van der Waals surface area contributed by atoms with Gasteiger partial charge in [0, 0.05) is 0 Å². The van der Waals surface area contributed by atoms with Gasteiger partial charge in [0.25, 0.3) is 5.76 Å². The normalized spacial score (nSPS) is 9.64. The molecule has 11 heavy (non-hydrogen) atoms. The van der Waals surface area contributed by atoms with Crippen molar-refractivity contribution in [1.29, 1.82) is 0 Å². The van der Waals surface area contributed by atoms with Gasteiger partial charge in [0.2, 0.25) is 0 Å². The van der Waals surface area contributed by atoms with Crippen molar-refractivity contribution in [2.45, 2.75) is 0 Å². The summed E-state index contributed by atoms with van der Waals surface area (Å²) in [6.45, 7) is 0. The molecule has 0 atom stereocenters. The van der Waals surface area contributed by atoms with E-state index in [1.165, 1.54) is 13.4 Å². The Balaban J connectivity index is 3.04. The molecule has 0 aromatic carbocycles. The quantitative estimate of drug-likeness (QED) is 0.730. The van der Waals surface area contributed by atoms with Crippen molar-refractivity contribution in [3.8, 4) is 5.75 Å². The first kappa shape index (κ1) is 8.13. The number of esters is 1. The van der Waals surface area contributed by atoms with Crippen LogP contribution in [0.2, 0.25) is 0 Å². The Hall–Kier alpha value is -0.970. The number of carbonyl (C=O) groups is 1. The number of hydrogen-bond donors (Lipinski definition) is 1. The summed E-state index contributed by atoms with van der Waals surface area (Å²) in [7, 11) is 1.21. The highest BCUT2D eigenvalue weighted by atomic mass is 79.9. The highest BCUT2D eigenvalue weighted by Crippen LogP contribution is 2.29. The van der Waals surface area contributed by atoms with Gasteiger partial charge in [-0.1, -0.05) is 0 Å². The molecule has 0 saturated heterocycles. The van der Waals surface area contributed by atoms with Gasteiger partial charge in [-0.05, 0) is 15.9 Å². The van der Waals surface area contributed by atoms with Crippen LogP contribution in [0.3, 0.4) is 0 Å². The summed E-state index contributed by atoms with van der Waals surface area (Å²) < 4.78 is 9.32. The number of halogens is 1. The second-order valence-corrected chi connectivity index (χ2v) is 2.61. The number of furan rings is 1. The fraction of sp³-hybridized carbons (Fsp3) is 0.167. The summed E-state index contributed by atoms with van der Waals surface area (Å²) in [5, 5.41) is 9.10. The lowest BCUT2D eigenvalue weighted by Gasteiger charge is -1.93. The number of carbonyl (C=O) groups excluding carboxylic acids is 1. The van der Waals surface area contributed by atoms with E-state index in [4.69, 9.17) is 5.11 Å². The fourth-order valence-electron chi connectivity index (χ4n) is 0.568. The highest BCUT2D eigenvalue weighted by molar-refractivity contribution is 9.10. The van der Waals surface area contributed by atoms with Crippen LogP contribution in [0, 0.1) is 0 Å². The maximum atomic E-state index is 10.8. The molecule has 1 N–H and O–H groups in total. The molecule has 0 spiro atoms. The van der Waals surface area contributed by atoms with Crippen LogP contribution in [0.4, 0.5) is 0 Å². The molecule has 1 heterocycles. The van der Waals surface area contributed by atoms with E-state index in [2.05, 4.69) is 25.1 Å². The van der Waals surface area contributed by atoms with Gasteiger partial charge in [-0.25, -0.2) is 4.79 Å². The zero-order valence-corrected chi connectivity index (χ0v) is 7.21. The van der Waals surface area contributed by atoms with Crippen molar-refractivity contribution in [2.75, 3.05) is 7.11 Å². The molecule has 0 aliphatic heterocycles. The molecule has 0 unspecified atom stereocenters. The summed E-state index contributed by atoms with van der Waals surface area (Å²) in [5.41, 5.74) is 0. The molecule has 0 fully saturated rings. The van der Waals surface area contributed by atoms with Crippen LogP contribution >= 0.6 is 15.9 Å². The number of hydrogen-bond acceptors (Lipinski definition) is 4. The Morgan fingerprint density at radius 3 is 2.82 bits per heavy atom. The summed E-state index contributed by atoms with van der Waals surface area (Å²) in [6.07, 6.45) is 1.21. The SMILES string of the molecule is COC(=O)c1occ(Br)c1O. The number of methoxy groups -OCH3 is 1. The number of ether oxygens (including phenoxy) is 1. The van der Waals surface area contributed by atoms with Crippen molar-refractivity contribution >= 4 is 21.9 Å². The minimum absolute atomic E-state index is 0.195. The van der Waals surface area contributed by atoms with E-state index < -0.39 is 5.97 Å². The lowest BCUT2D eigenvalue weighted by Crippen LogP contribution is -1.98. The zero-order chi connectivity index (χ0) is 8.43. The fourth-order valence-corrected chi connectivity index (χ4v) is 0.842. The first-order chi connectivity index (χ1) is 5.16. The standard InChI is InChI=1S/C6H5BrO4/c1-10-6(9)5-4(8)3(7)2-11-5/h2,8H,1H3. The van der Waals surface area contributed by atoms with E-state index in [-0.39, 0.29) is 11.5 Å². The minimum Gasteiger partial charge on any atom is -0.503 e. The first-order valence-electron chi connectivity index (χ1n) is 2.71. The summed E-state index contributed by atoms with van der Waals surface area (Å²) >= 11 is 2.96. The minimum atomic E-state index is -0.701. The van der Waals surface area contributed by atoms with Gasteiger partial charge in [0.15, 0.2) is 5.75 Å². The maximum Gasteiger partial charge on any atom is 0.377 e. The zero-order valence-electron chi connectivity index (χ0n) is 5.63. The highest BCUT2D eigenvalue weighted by Gasteiger charge is 2.18. The summed E-state index contributed by atoms with van der Waals surface area (Å²) in [4.78, 5) is 10.8. The molecule has 0 saturated carbocycles. The smallest absolute Gasteiger partial charge is 0.377 e. The molecule has 0 amide bonds. The van der Waals surface area contributed by atoms with Gasteiger partial charge in [0.1, 0.15) is 6.26 Å². The molecule has 1 rings (SSSR count). The molecule has 1 aromatic heterocycles. The van der Waals surface area contributed by atoms with Gasteiger partial charge in [0.05, 0.1) is 11.6 Å². The molecule has 0 aliphatic carbocycles. The predicted molar refractivity (Wildman–Crippen MR) is 39.4 cm³/mol.